The summed E-state index contributed by atoms with van der Waals surface area (Å²) in [6, 6.07) is 0.793. The van der Waals surface area contributed by atoms with Gasteiger partial charge in [-0.15, -0.1) is 4.39 Å². The van der Waals surface area contributed by atoms with Crippen molar-refractivity contribution in [3.05, 3.63) is 0 Å². The van der Waals surface area contributed by atoms with Gasteiger partial charge in [0.05, 0.1) is 0 Å². The SMILES string of the molecule is CO[Si](C[Si](C)(C)O[Si](C)(C)CCCN(C[Si](C)(C)O[Si](C)(C)C[Si](OC)(OC)OC)C(=O)F)(OC)OC. The fourth-order valence-electron chi connectivity index (χ4n) is 5.01. The van der Waals surface area contributed by atoms with Gasteiger partial charge in [0.2, 0.25) is 0 Å². The average molecular weight is 652 g/mol. The molecule has 0 aliphatic carbocycles. The Hall–Kier alpha value is 0.381. The van der Waals surface area contributed by atoms with Crippen LogP contribution in [-0.4, -0.2) is 117 Å². The Morgan fingerprint density at radius 2 is 0.947 bits per heavy atom. The molecule has 0 aromatic rings. The standard InChI is InChI=1S/C21H54FNO9Si6/c1-25-37(26-2,27-3)19-35(11,12)31-33(7,8)17-15-16-23(21(22)24)18-34(9,10)32-36(13,14)20-38(28-4,29-5)30-6/h15-20H2,1-14H3. The van der Waals surface area contributed by atoms with E-state index in [4.69, 9.17) is 34.8 Å². The molecule has 1 amide bonds. The third-order valence-electron chi connectivity index (χ3n) is 6.28. The zero-order valence-electron chi connectivity index (χ0n) is 26.2. The van der Waals surface area contributed by atoms with Crippen LogP contribution in [0.3, 0.4) is 0 Å². The second kappa shape index (κ2) is 15.6. The Morgan fingerprint density at radius 1 is 0.605 bits per heavy atom. The van der Waals surface area contributed by atoms with Crippen LogP contribution in [0.4, 0.5) is 9.18 Å². The van der Waals surface area contributed by atoms with Crippen LogP contribution in [0.2, 0.25) is 69.8 Å². The van der Waals surface area contributed by atoms with Crippen molar-refractivity contribution >= 4 is 57.0 Å². The van der Waals surface area contributed by atoms with Crippen molar-refractivity contribution in [2.45, 2.75) is 76.2 Å². The minimum atomic E-state index is -2.82. The topological polar surface area (TPSA) is 94.2 Å². The monoisotopic (exact) mass is 651 g/mol. The number of amides is 1. The third kappa shape index (κ3) is 13.4. The van der Waals surface area contributed by atoms with Gasteiger partial charge in [0.1, 0.15) is 0 Å². The minimum absolute atomic E-state index is 0.271. The van der Waals surface area contributed by atoms with E-state index >= 15 is 0 Å². The first kappa shape index (κ1) is 38.4. The van der Waals surface area contributed by atoms with E-state index in [1.807, 2.05) is 13.1 Å². The number of nitrogens with zero attached hydrogens (tertiary/aromatic N) is 1. The highest BCUT2D eigenvalue weighted by Crippen LogP contribution is 2.29. The van der Waals surface area contributed by atoms with Crippen LogP contribution in [0, 0.1) is 0 Å². The molecule has 228 valence electrons. The van der Waals surface area contributed by atoms with E-state index in [2.05, 4.69) is 39.3 Å². The molecule has 0 saturated carbocycles. The van der Waals surface area contributed by atoms with Crippen LogP contribution in [-0.2, 0) is 34.8 Å². The Bertz CT molecular complexity index is 709. The molecule has 0 bridgehead atoms. The molecular formula is C21H54FNO9Si6. The third-order valence-corrected chi connectivity index (χ3v) is 31.8. The summed E-state index contributed by atoms with van der Waals surface area (Å²) in [7, 11) is -5.03. The van der Waals surface area contributed by atoms with Crippen LogP contribution in [0.15, 0.2) is 0 Å². The van der Waals surface area contributed by atoms with Crippen LogP contribution >= 0.6 is 0 Å². The van der Waals surface area contributed by atoms with Crippen LogP contribution in [0.1, 0.15) is 6.42 Å². The van der Waals surface area contributed by atoms with E-state index in [1.165, 1.54) is 4.90 Å². The summed E-state index contributed by atoms with van der Waals surface area (Å²) in [6.45, 7) is 17.1. The Morgan fingerprint density at radius 3 is 1.26 bits per heavy atom. The first-order valence-electron chi connectivity index (χ1n) is 12.9. The predicted octanol–water partition coefficient (Wildman–Crippen LogP) is 5.00. The molecule has 10 nitrogen and oxygen atoms in total. The molecule has 0 spiro atoms. The molecule has 38 heavy (non-hydrogen) atoms. The van der Waals surface area contributed by atoms with Gasteiger partial charge in [-0.2, -0.15) is 0 Å². The lowest BCUT2D eigenvalue weighted by atomic mass is 10.4. The van der Waals surface area contributed by atoms with Crippen molar-refractivity contribution < 1.29 is 44.0 Å². The molecule has 0 atom stereocenters. The van der Waals surface area contributed by atoms with Gasteiger partial charge >= 0.3 is 23.8 Å². The number of hydrogen-bond acceptors (Lipinski definition) is 9. The summed E-state index contributed by atoms with van der Waals surface area (Å²) in [6.07, 6.45) is -0.499. The zero-order valence-corrected chi connectivity index (χ0v) is 32.2. The highest BCUT2D eigenvalue weighted by atomic mass is 28.5. The quantitative estimate of drug-likeness (QED) is 0.102. The molecule has 0 heterocycles. The first-order chi connectivity index (χ1) is 17.2. The molecular weight excluding hydrogens is 598 g/mol. The summed E-state index contributed by atoms with van der Waals surface area (Å²) < 4.78 is 61.0. The fourth-order valence-corrected chi connectivity index (χ4v) is 34.5. The number of hydrogen-bond donors (Lipinski definition) is 0. The van der Waals surface area contributed by atoms with E-state index in [1.54, 1.807) is 42.7 Å². The van der Waals surface area contributed by atoms with Gasteiger partial charge < -0.3 is 39.7 Å². The summed E-state index contributed by atoms with van der Waals surface area (Å²) in [5, 5.41) is 0. The van der Waals surface area contributed by atoms with Gasteiger partial charge in [-0.05, 0) is 64.8 Å². The van der Waals surface area contributed by atoms with Gasteiger partial charge in [0, 0.05) is 66.7 Å². The highest BCUT2D eigenvalue weighted by Gasteiger charge is 2.49. The highest BCUT2D eigenvalue weighted by molar-refractivity contribution is 6.92. The van der Waals surface area contributed by atoms with Gasteiger partial charge in [-0.1, -0.05) is 0 Å². The molecule has 0 aromatic heterocycles. The van der Waals surface area contributed by atoms with Crippen molar-refractivity contribution in [1.29, 1.82) is 0 Å². The normalized spacial score (nSPS) is 14.2. The molecule has 0 saturated heterocycles. The van der Waals surface area contributed by atoms with Gasteiger partial charge in [0.25, 0.3) is 0 Å². The van der Waals surface area contributed by atoms with E-state index < -0.39 is 57.0 Å². The van der Waals surface area contributed by atoms with Gasteiger partial charge in [-0.25, -0.2) is 4.79 Å². The van der Waals surface area contributed by atoms with Crippen molar-refractivity contribution in [3.63, 3.8) is 0 Å². The van der Waals surface area contributed by atoms with Crippen LogP contribution < -0.4 is 0 Å². The molecule has 0 fully saturated rings. The van der Waals surface area contributed by atoms with Crippen molar-refractivity contribution in [2.24, 2.45) is 0 Å². The maximum atomic E-state index is 14.1. The Labute approximate surface area is 237 Å². The lowest BCUT2D eigenvalue weighted by molar-refractivity contribution is 0.127. The van der Waals surface area contributed by atoms with Crippen molar-refractivity contribution in [3.8, 4) is 0 Å². The summed E-state index contributed by atoms with van der Waals surface area (Å²) >= 11 is 0. The van der Waals surface area contributed by atoms with E-state index in [0.717, 1.165) is 6.04 Å². The molecule has 0 unspecified atom stereocenters. The minimum Gasteiger partial charge on any atom is -0.455 e. The van der Waals surface area contributed by atoms with Crippen molar-refractivity contribution in [2.75, 3.05) is 55.4 Å². The van der Waals surface area contributed by atoms with Gasteiger partial charge in [0.15, 0.2) is 33.3 Å². The molecule has 17 heteroatoms. The van der Waals surface area contributed by atoms with E-state index in [9.17, 15) is 9.18 Å². The maximum absolute atomic E-state index is 14.1. The lowest BCUT2D eigenvalue weighted by Gasteiger charge is -2.39. The smallest absolute Gasteiger partial charge is 0.455 e. The van der Waals surface area contributed by atoms with E-state index in [0.29, 0.717) is 24.3 Å². The first-order valence-corrected chi connectivity index (χ1v) is 29.2. The second-order valence-corrected chi connectivity index (χ2v) is 36.5. The lowest BCUT2D eigenvalue weighted by Crippen LogP contribution is -2.57. The van der Waals surface area contributed by atoms with Crippen LogP contribution in [0.25, 0.3) is 0 Å². The number of halogens is 1. The Kier molecular flexibility index (Phi) is 15.7. The van der Waals surface area contributed by atoms with Crippen LogP contribution in [0.5, 0.6) is 0 Å². The zero-order chi connectivity index (χ0) is 30.1. The molecule has 0 N–H and O–H groups in total. The summed E-state index contributed by atoms with van der Waals surface area (Å²) in [5.74, 6) is 0. The Balaban J connectivity index is 5.22. The van der Waals surface area contributed by atoms with Crippen molar-refractivity contribution in [1.82, 2.24) is 4.90 Å². The molecule has 0 aliphatic rings. The maximum Gasteiger partial charge on any atom is 0.499 e. The average Bonchev–Trinajstić information content (AvgIpc) is 2.78. The number of carbonyl (C=O) groups excluding carboxylic acids is 1. The number of carbonyl (C=O) groups is 1. The molecule has 0 rings (SSSR count). The predicted molar refractivity (Wildman–Crippen MR) is 163 cm³/mol. The van der Waals surface area contributed by atoms with Gasteiger partial charge in [-0.3, -0.25) is 0 Å². The molecule has 0 aromatic carbocycles. The number of rotatable bonds is 20. The second-order valence-electron chi connectivity index (χ2n) is 12.0. The summed E-state index contributed by atoms with van der Waals surface area (Å²) in [5.41, 5.74) is 1.21. The molecule has 0 aliphatic heterocycles. The molecule has 0 radical (unpaired) electrons. The fraction of sp³-hybridized carbons (Fsp3) is 0.952. The van der Waals surface area contributed by atoms with E-state index in [-0.39, 0.29) is 6.17 Å². The summed E-state index contributed by atoms with van der Waals surface area (Å²) in [4.78, 5) is 13.2. The largest absolute Gasteiger partial charge is 0.499 e.